The first-order valence-electron chi connectivity index (χ1n) is 12.1. The van der Waals surface area contributed by atoms with Crippen LogP contribution >= 0.6 is 0 Å². The summed E-state index contributed by atoms with van der Waals surface area (Å²) in [4.78, 5) is 29.9. The molecular formula is C31H24FN3O3. The Morgan fingerprint density at radius 2 is 1.45 bits per heavy atom. The average molecular weight is 506 g/mol. The molecule has 5 aromatic rings. The van der Waals surface area contributed by atoms with Gasteiger partial charge in [0.15, 0.2) is 18.2 Å². The third-order valence-electron chi connectivity index (χ3n) is 6.28. The molecule has 0 aliphatic rings. The van der Waals surface area contributed by atoms with E-state index in [4.69, 9.17) is 4.74 Å². The Labute approximate surface area is 219 Å². The molecule has 0 saturated carbocycles. The zero-order valence-corrected chi connectivity index (χ0v) is 20.9. The first kappa shape index (κ1) is 24.8. The molecule has 1 heterocycles. The van der Waals surface area contributed by atoms with Gasteiger partial charge in [0, 0.05) is 11.1 Å². The topological polar surface area (TPSA) is 74.1 Å². The van der Waals surface area contributed by atoms with Crippen LogP contribution in [0, 0.1) is 19.7 Å². The molecule has 0 atom stereocenters. The van der Waals surface area contributed by atoms with Crippen molar-refractivity contribution in [1.82, 2.24) is 14.8 Å². The van der Waals surface area contributed by atoms with Crippen molar-refractivity contribution < 1.29 is 18.7 Å². The van der Waals surface area contributed by atoms with Crippen LogP contribution < -0.4 is 0 Å². The molecule has 0 saturated heterocycles. The molecule has 0 aliphatic carbocycles. The number of carbonyl (C=O) groups excluding carboxylic acids is 2. The lowest BCUT2D eigenvalue weighted by molar-refractivity contribution is 0.0462. The Kier molecular flexibility index (Phi) is 6.91. The summed E-state index contributed by atoms with van der Waals surface area (Å²) < 4.78 is 20.3. The van der Waals surface area contributed by atoms with Crippen molar-refractivity contribution in [3.8, 4) is 28.2 Å². The highest BCUT2D eigenvalue weighted by Gasteiger charge is 2.21. The molecule has 1 aromatic heterocycles. The lowest BCUT2D eigenvalue weighted by atomic mass is 10.0. The normalized spacial score (nSPS) is 10.8. The van der Waals surface area contributed by atoms with Gasteiger partial charge < -0.3 is 4.74 Å². The van der Waals surface area contributed by atoms with Gasteiger partial charge in [-0.05, 0) is 72.5 Å². The predicted octanol–water partition coefficient (Wildman–Crippen LogP) is 6.40. The number of aryl methyl sites for hydroxylation is 2. The van der Waals surface area contributed by atoms with Gasteiger partial charge in [-0.1, -0.05) is 60.7 Å². The highest BCUT2D eigenvalue weighted by molar-refractivity contribution is 5.99. The molecule has 0 fully saturated rings. The van der Waals surface area contributed by atoms with E-state index in [1.807, 2.05) is 74.5 Å². The highest BCUT2D eigenvalue weighted by Crippen LogP contribution is 2.24. The molecule has 38 heavy (non-hydrogen) atoms. The molecule has 0 spiro atoms. The quantitative estimate of drug-likeness (QED) is 0.189. The smallest absolute Gasteiger partial charge is 0.378 e. The van der Waals surface area contributed by atoms with Gasteiger partial charge in [-0.15, -0.1) is 5.10 Å². The molecule has 0 N–H and O–H groups in total. The minimum Gasteiger partial charge on any atom is -0.451 e. The highest BCUT2D eigenvalue weighted by atomic mass is 19.1. The second-order valence-electron chi connectivity index (χ2n) is 8.89. The van der Waals surface area contributed by atoms with E-state index in [0.29, 0.717) is 22.6 Å². The number of ether oxygens (including phenoxy) is 1. The standard InChI is InChI=1S/C31H24FN3O3/c1-20-8-17-27(18-21(20)2)35-30(25-13-15-26(32)16-14-25)33-29(34-35)31(37)38-19-28(36)24-11-9-23(10-12-24)22-6-4-3-5-7-22/h3-18H,19H2,1-2H3. The van der Waals surface area contributed by atoms with Crippen molar-refractivity contribution in [2.45, 2.75) is 13.8 Å². The Morgan fingerprint density at radius 3 is 2.13 bits per heavy atom. The zero-order valence-electron chi connectivity index (χ0n) is 20.9. The second-order valence-corrected chi connectivity index (χ2v) is 8.89. The summed E-state index contributed by atoms with van der Waals surface area (Å²) in [6, 6.07) is 28.4. The van der Waals surface area contributed by atoms with Gasteiger partial charge >= 0.3 is 5.97 Å². The largest absolute Gasteiger partial charge is 0.451 e. The number of benzene rings is 4. The maximum absolute atomic E-state index is 13.5. The van der Waals surface area contributed by atoms with Crippen molar-refractivity contribution >= 4 is 11.8 Å². The first-order chi connectivity index (χ1) is 18.4. The predicted molar refractivity (Wildman–Crippen MR) is 143 cm³/mol. The van der Waals surface area contributed by atoms with E-state index >= 15 is 0 Å². The van der Waals surface area contributed by atoms with Crippen LogP contribution in [0.4, 0.5) is 4.39 Å². The second kappa shape index (κ2) is 10.6. The molecule has 188 valence electrons. The van der Waals surface area contributed by atoms with E-state index in [1.165, 1.54) is 16.8 Å². The summed E-state index contributed by atoms with van der Waals surface area (Å²) in [5.74, 6) is -1.41. The SMILES string of the molecule is Cc1ccc(-n2nc(C(=O)OCC(=O)c3ccc(-c4ccccc4)cc3)nc2-c2ccc(F)cc2)cc1C. The fraction of sp³-hybridized carbons (Fsp3) is 0.0968. The van der Waals surface area contributed by atoms with Gasteiger partial charge in [0.1, 0.15) is 5.82 Å². The van der Waals surface area contributed by atoms with E-state index in [2.05, 4.69) is 10.1 Å². The first-order valence-corrected chi connectivity index (χ1v) is 12.1. The van der Waals surface area contributed by atoms with Crippen LogP contribution in [0.3, 0.4) is 0 Å². The van der Waals surface area contributed by atoms with Gasteiger partial charge in [0.25, 0.3) is 5.82 Å². The number of ketones is 1. The number of hydrogen-bond donors (Lipinski definition) is 0. The maximum atomic E-state index is 13.5. The van der Waals surface area contributed by atoms with Crippen LogP contribution in [0.15, 0.2) is 97.1 Å². The van der Waals surface area contributed by atoms with Gasteiger partial charge in [-0.3, -0.25) is 4.79 Å². The van der Waals surface area contributed by atoms with Crippen molar-refractivity contribution in [3.63, 3.8) is 0 Å². The van der Waals surface area contributed by atoms with Gasteiger partial charge in [-0.25, -0.2) is 18.9 Å². The van der Waals surface area contributed by atoms with Gasteiger partial charge in [0.05, 0.1) is 5.69 Å². The molecule has 6 nitrogen and oxygen atoms in total. The van der Waals surface area contributed by atoms with Crippen molar-refractivity contribution in [1.29, 1.82) is 0 Å². The summed E-state index contributed by atoms with van der Waals surface area (Å²) in [5.41, 5.74) is 5.86. The van der Waals surface area contributed by atoms with Crippen LogP contribution in [0.5, 0.6) is 0 Å². The van der Waals surface area contributed by atoms with Crippen LogP contribution in [0.25, 0.3) is 28.2 Å². The maximum Gasteiger partial charge on any atom is 0.378 e. The van der Waals surface area contributed by atoms with E-state index in [-0.39, 0.29) is 17.4 Å². The number of carbonyl (C=O) groups is 2. The number of nitrogens with zero attached hydrogens (tertiary/aromatic N) is 3. The number of rotatable bonds is 7. The molecule has 0 radical (unpaired) electrons. The number of Topliss-reactive ketones (excluding diaryl/α,β-unsaturated/α-hetero) is 1. The van der Waals surface area contributed by atoms with Crippen LogP contribution in [-0.2, 0) is 4.74 Å². The molecule has 0 amide bonds. The summed E-state index contributed by atoms with van der Waals surface area (Å²) in [6.07, 6.45) is 0. The van der Waals surface area contributed by atoms with Crippen LogP contribution in [-0.4, -0.2) is 33.1 Å². The fourth-order valence-electron chi connectivity index (χ4n) is 3.98. The lowest BCUT2D eigenvalue weighted by Crippen LogP contribution is -2.15. The molecule has 5 rings (SSSR count). The average Bonchev–Trinajstić information content (AvgIpc) is 3.40. The molecular weight excluding hydrogens is 481 g/mol. The number of esters is 1. The Morgan fingerprint density at radius 1 is 0.789 bits per heavy atom. The number of aromatic nitrogens is 3. The third-order valence-corrected chi connectivity index (χ3v) is 6.28. The fourth-order valence-corrected chi connectivity index (χ4v) is 3.98. The van der Waals surface area contributed by atoms with Crippen LogP contribution in [0.1, 0.15) is 32.1 Å². The summed E-state index contributed by atoms with van der Waals surface area (Å²) in [7, 11) is 0. The third kappa shape index (κ3) is 5.27. The van der Waals surface area contributed by atoms with Crippen LogP contribution in [0.2, 0.25) is 0 Å². The Hall–Kier alpha value is -4.91. The van der Waals surface area contributed by atoms with Crippen molar-refractivity contribution in [2.75, 3.05) is 6.61 Å². The molecule has 0 aliphatic heterocycles. The monoisotopic (exact) mass is 505 g/mol. The number of hydrogen-bond acceptors (Lipinski definition) is 5. The molecule has 0 unspecified atom stereocenters. The zero-order chi connectivity index (χ0) is 26.6. The van der Waals surface area contributed by atoms with Gasteiger partial charge in [0.2, 0.25) is 0 Å². The molecule has 4 aromatic carbocycles. The van der Waals surface area contributed by atoms with E-state index in [1.54, 1.807) is 24.3 Å². The van der Waals surface area contributed by atoms with E-state index < -0.39 is 12.6 Å². The van der Waals surface area contributed by atoms with E-state index in [9.17, 15) is 14.0 Å². The molecule has 0 bridgehead atoms. The Balaban J connectivity index is 1.35. The summed E-state index contributed by atoms with van der Waals surface area (Å²) in [6.45, 7) is 3.52. The number of halogens is 1. The minimum absolute atomic E-state index is 0.199. The van der Waals surface area contributed by atoms with Gasteiger partial charge in [-0.2, -0.15) is 0 Å². The Bertz CT molecular complexity index is 1610. The summed E-state index contributed by atoms with van der Waals surface area (Å²) >= 11 is 0. The summed E-state index contributed by atoms with van der Waals surface area (Å²) in [5, 5.41) is 4.37. The lowest BCUT2D eigenvalue weighted by Gasteiger charge is -2.08. The van der Waals surface area contributed by atoms with Crippen molar-refractivity contribution in [2.24, 2.45) is 0 Å². The molecule has 7 heteroatoms. The minimum atomic E-state index is -0.829. The van der Waals surface area contributed by atoms with E-state index in [0.717, 1.165) is 22.3 Å². The van der Waals surface area contributed by atoms with Crippen molar-refractivity contribution in [3.05, 3.63) is 125 Å².